The van der Waals surface area contributed by atoms with E-state index in [9.17, 15) is 9.90 Å². The van der Waals surface area contributed by atoms with Gasteiger partial charge >= 0.3 is 0 Å². The number of benzene rings is 1. The lowest BCUT2D eigenvalue weighted by Crippen LogP contribution is -2.49. The third-order valence-electron chi connectivity index (χ3n) is 5.43. The molecule has 3 heterocycles. The van der Waals surface area contributed by atoms with Crippen molar-refractivity contribution in [3.63, 3.8) is 0 Å². The molecule has 4 rings (SSSR count). The molecule has 27 heavy (non-hydrogen) atoms. The predicted molar refractivity (Wildman–Crippen MR) is 101 cm³/mol. The van der Waals surface area contributed by atoms with Crippen molar-refractivity contribution >= 4 is 5.91 Å². The molecule has 7 heteroatoms. The van der Waals surface area contributed by atoms with Crippen molar-refractivity contribution in [3.8, 4) is 5.69 Å². The average molecular weight is 370 g/mol. The van der Waals surface area contributed by atoms with Gasteiger partial charge in [0.2, 0.25) is 0 Å². The normalized spacial score (nSPS) is 23.7. The molecule has 1 aromatic heterocycles. The molecule has 0 aliphatic carbocycles. The Morgan fingerprint density at radius 1 is 1.15 bits per heavy atom. The van der Waals surface area contributed by atoms with Crippen molar-refractivity contribution in [3.05, 3.63) is 47.3 Å². The van der Waals surface area contributed by atoms with Gasteiger partial charge in [-0.1, -0.05) is 0 Å². The zero-order valence-corrected chi connectivity index (χ0v) is 15.8. The Balaban J connectivity index is 1.46. The van der Waals surface area contributed by atoms with Crippen LogP contribution in [-0.2, 0) is 4.74 Å². The molecule has 0 unspecified atom stereocenters. The molecule has 2 saturated heterocycles. The number of aryl methyl sites for hydroxylation is 2. The molecule has 1 N–H and O–H groups in total. The van der Waals surface area contributed by atoms with Gasteiger partial charge in [0.25, 0.3) is 5.91 Å². The predicted octanol–water partition coefficient (Wildman–Crippen LogP) is 1.01. The van der Waals surface area contributed by atoms with E-state index in [0.29, 0.717) is 31.9 Å². The summed E-state index contributed by atoms with van der Waals surface area (Å²) in [6, 6.07) is 9.52. The second-order valence-corrected chi connectivity index (χ2v) is 7.38. The maximum absolute atomic E-state index is 12.9. The molecule has 2 aliphatic heterocycles. The number of ether oxygens (including phenoxy) is 1. The SMILES string of the molecule is Cc1cc(C)n(-c2ccc(C(=O)N3C[C@H](O)[C@@H](N4CCOCC4)C3)cc2)n1. The van der Waals surface area contributed by atoms with Crippen molar-refractivity contribution in [2.45, 2.75) is 26.0 Å². The first kappa shape index (κ1) is 18.2. The van der Waals surface area contributed by atoms with Gasteiger partial charge in [-0.15, -0.1) is 0 Å². The minimum Gasteiger partial charge on any atom is -0.390 e. The number of aliphatic hydroxyl groups is 1. The summed E-state index contributed by atoms with van der Waals surface area (Å²) in [5.41, 5.74) is 3.59. The summed E-state index contributed by atoms with van der Waals surface area (Å²) in [6.45, 7) is 7.89. The molecule has 1 aromatic carbocycles. The molecule has 0 saturated carbocycles. The highest BCUT2D eigenvalue weighted by Gasteiger charge is 2.38. The van der Waals surface area contributed by atoms with Gasteiger partial charge in [0.05, 0.1) is 36.7 Å². The summed E-state index contributed by atoms with van der Waals surface area (Å²) in [5.74, 6) is -0.0373. The first-order valence-electron chi connectivity index (χ1n) is 9.46. The lowest BCUT2D eigenvalue weighted by Gasteiger charge is -2.33. The van der Waals surface area contributed by atoms with Crippen molar-refractivity contribution in [1.29, 1.82) is 0 Å². The van der Waals surface area contributed by atoms with E-state index in [2.05, 4.69) is 10.00 Å². The fourth-order valence-electron chi connectivity index (χ4n) is 4.02. The Bertz CT molecular complexity index is 811. The Kier molecular flexibility index (Phi) is 4.99. The summed E-state index contributed by atoms with van der Waals surface area (Å²) < 4.78 is 7.26. The van der Waals surface area contributed by atoms with Crippen LogP contribution in [0, 0.1) is 13.8 Å². The van der Waals surface area contributed by atoms with Gasteiger partial charge in [-0.25, -0.2) is 4.68 Å². The van der Waals surface area contributed by atoms with E-state index in [1.807, 2.05) is 48.9 Å². The highest BCUT2D eigenvalue weighted by atomic mass is 16.5. The number of hydrogen-bond donors (Lipinski definition) is 1. The Hall–Kier alpha value is -2.22. The second-order valence-electron chi connectivity index (χ2n) is 7.38. The van der Waals surface area contributed by atoms with Crippen LogP contribution in [0.15, 0.2) is 30.3 Å². The number of morpholine rings is 1. The Labute approximate surface area is 159 Å². The number of likely N-dealkylation sites (tertiary alicyclic amines) is 1. The van der Waals surface area contributed by atoms with Crippen molar-refractivity contribution in [1.82, 2.24) is 19.6 Å². The first-order valence-corrected chi connectivity index (χ1v) is 9.46. The zero-order chi connectivity index (χ0) is 19.0. The minimum absolute atomic E-state index is 0.00757. The van der Waals surface area contributed by atoms with Gasteiger partial charge in [0.1, 0.15) is 0 Å². The van der Waals surface area contributed by atoms with Crippen molar-refractivity contribution in [2.24, 2.45) is 0 Å². The molecule has 144 valence electrons. The highest BCUT2D eigenvalue weighted by molar-refractivity contribution is 5.94. The molecule has 2 atom stereocenters. The van der Waals surface area contributed by atoms with Crippen molar-refractivity contribution < 1.29 is 14.6 Å². The number of rotatable bonds is 3. The van der Waals surface area contributed by atoms with Crippen LogP contribution in [0.2, 0.25) is 0 Å². The number of aromatic nitrogens is 2. The molecular formula is C20H26N4O3. The van der Waals surface area contributed by atoms with Crippen LogP contribution in [0.3, 0.4) is 0 Å². The second kappa shape index (κ2) is 7.42. The van der Waals surface area contributed by atoms with E-state index in [-0.39, 0.29) is 11.9 Å². The molecule has 2 aromatic rings. The number of carbonyl (C=O) groups is 1. The number of amides is 1. The lowest BCUT2D eigenvalue weighted by molar-refractivity contribution is -0.00611. The van der Waals surface area contributed by atoms with Gasteiger partial charge in [-0.05, 0) is 44.2 Å². The van der Waals surface area contributed by atoms with Crippen LogP contribution >= 0.6 is 0 Å². The number of aliphatic hydroxyl groups excluding tert-OH is 1. The minimum atomic E-state index is -0.513. The summed E-state index contributed by atoms with van der Waals surface area (Å²) in [4.78, 5) is 16.9. The highest BCUT2D eigenvalue weighted by Crippen LogP contribution is 2.21. The van der Waals surface area contributed by atoms with Crippen LogP contribution in [0.5, 0.6) is 0 Å². The Morgan fingerprint density at radius 2 is 1.85 bits per heavy atom. The van der Waals surface area contributed by atoms with Gasteiger partial charge in [-0.2, -0.15) is 5.10 Å². The lowest BCUT2D eigenvalue weighted by atomic mass is 10.1. The van der Waals surface area contributed by atoms with Gasteiger partial charge in [0, 0.05) is 37.4 Å². The quantitative estimate of drug-likeness (QED) is 0.873. The number of carbonyl (C=O) groups excluding carboxylic acids is 1. The largest absolute Gasteiger partial charge is 0.390 e. The molecular weight excluding hydrogens is 344 g/mol. The van der Waals surface area contributed by atoms with E-state index in [4.69, 9.17) is 4.74 Å². The van der Waals surface area contributed by atoms with Crippen LogP contribution < -0.4 is 0 Å². The van der Waals surface area contributed by atoms with Gasteiger partial charge < -0.3 is 14.7 Å². The van der Waals surface area contributed by atoms with Gasteiger partial charge in [-0.3, -0.25) is 9.69 Å². The molecule has 0 spiro atoms. The number of hydrogen-bond acceptors (Lipinski definition) is 5. The fraction of sp³-hybridized carbons (Fsp3) is 0.500. The molecule has 7 nitrogen and oxygen atoms in total. The average Bonchev–Trinajstić information content (AvgIpc) is 3.23. The maximum atomic E-state index is 12.9. The summed E-state index contributed by atoms with van der Waals surface area (Å²) in [7, 11) is 0. The van der Waals surface area contributed by atoms with Crippen molar-refractivity contribution in [2.75, 3.05) is 39.4 Å². The molecule has 2 aliphatic rings. The van der Waals surface area contributed by atoms with E-state index < -0.39 is 6.10 Å². The summed E-state index contributed by atoms with van der Waals surface area (Å²) in [5, 5.41) is 14.9. The van der Waals surface area contributed by atoms with E-state index in [0.717, 1.165) is 30.2 Å². The number of β-amino-alcohol motifs (C(OH)–C–C–N with tert-alkyl or cyclic N) is 1. The van der Waals surface area contributed by atoms with Crippen LogP contribution in [0.1, 0.15) is 21.7 Å². The number of nitrogens with zero attached hydrogens (tertiary/aromatic N) is 4. The third kappa shape index (κ3) is 3.63. The third-order valence-corrected chi connectivity index (χ3v) is 5.43. The molecule has 1 amide bonds. The summed E-state index contributed by atoms with van der Waals surface area (Å²) >= 11 is 0. The summed E-state index contributed by atoms with van der Waals surface area (Å²) in [6.07, 6.45) is -0.513. The monoisotopic (exact) mass is 370 g/mol. The van der Waals surface area contributed by atoms with Gasteiger partial charge in [0.15, 0.2) is 0 Å². The smallest absolute Gasteiger partial charge is 0.253 e. The topological polar surface area (TPSA) is 70.8 Å². The maximum Gasteiger partial charge on any atom is 0.253 e. The van der Waals surface area contributed by atoms with E-state index in [1.54, 1.807) is 4.90 Å². The molecule has 0 radical (unpaired) electrons. The fourth-order valence-corrected chi connectivity index (χ4v) is 4.02. The first-order chi connectivity index (χ1) is 13.0. The Morgan fingerprint density at radius 3 is 2.48 bits per heavy atom. The van der Waals surface area contributed by atoms with E-state index in [1.165, 1.54) is 0 Å². The van der Waals surface area contributed by atoms with Crippen LogP contribution in [0.25, 0.3) is 5.69 Å². The molecule has 2 fully saturated rings. The molecule has 0 bridgehead atoms. The standard InChI is InChI=1S/C20H26N4O3/c1-14-11-15(2)24(21-14)17-5-3-16(4-6-17)20(26)23-12-18(19(25)13-23)22-7-9-27-10-8-22/h3-6,11,18-19,25H,7-10,12-13H2,1-2H3/t18-,19-/m0/s1. The van der Waals surface area contributed by atoms with E-state index >= 15 is 0 Å². The van der Waals surface area contributed by atoms with Crippen LogP contribution in [-0.4, -0.2) is 82.1 Å². The van der Waals surface area contributed by atoms with Crippen LogP contribution in [0.4, 0.5) is 0 Å². The zero-order valence-electron chi connectivity index (χ0n) is 15.8.